The van der Waals surface area contributed by atoms with E-state index < -0.39 is 0 Å². The molecule has 0 aliphatic rings. The molecule has 1 heterocycles. The van der Waals surface area contributed by atoms with Crippen LogP contribution in [0.2, 0.25) is 0 Å². The molecule has 1 N–H and O–H groups in total. The zero-order valence-electron chi connectivity index (χ0n) is 11.4. The number of imidazole rings is 1. The summed E-state index contributed by atoms with van der Waals surface area (Å²) in [4.78, 5) is 4.51. The van der Waals surface area contributed by atoms with Gasteiger partial charge >= 0.3 is 0 Å². The SMILES string of the molecule is CCNC(c1cccc(C)c1)c1nccn1CC. The molecule has 1 aromatic carbocycles. The minimum Gasteiger partial charge on any atom is -0.334 e. The van der Waals surface area contributed by atoms with Gasteiger partial charge in [-0.3, -0.25) is 0 Å². The Morgan fingerprint density at radius 3 is 2.83 bits per heavy atom. The lowest BCUT2D eigenvalue weighted by molar-refractivity contribution is 0.559. The van der Waals surface area contributed by atoms with Gasteiger partial charge in [-0.2, -0.15) is 0 Å². The number of benzene rings is 1. The van der Waals surface area contributed by atoms with Crippen LogP contribution < -0.4 is 5.32 Å². The summed E-state index contributed by atoms with van der Waals surface area (Å²) in [7, 11) is 0. The summed E-state index contributed by atoms with van der Waals surface area (Å²) in [6.45, 7) is 8.27. The molecule has 0 amide bonds. The van der Waals surface area contributed by atoms with Gasteiger partial charge in [0.2, 0.25) is 0 Å². The van der Waals surface area contributed by atoms with Gasteiger partial charge in [-0.05, 0) is 26.0 Å². The first kappa shape index (κ1) is 12.8. The summed E-state index contributed by atoms with van der Waals surface area (Å²) in [5.41, 5.74) is 2.56. The Labute approximate surface area is 109 Å². The van der Waals surface area contributed by atoms with E-state index in [0.29, 0.717) is 0 Å². The van der Waals surface area contributed by atoms with Gasteiger partial charge in [0.25, 0.3) is 0 Å². The summed E-state index contributed by atoms with van der Waals surface area (Å²) in [6.07, 6.45) is 3.91. The van der Waals surface area contributed by atoms with E-state index >= 15 is 0 Å². The summed E-state index contributed by atoms with van der Waals surface area (Å²) in [5, 5.41) is 3.52. The monoisotopic (exact) mass is 243 g/mol. The highest BCUT2D eigenvalue weighted by Gasteiger charge is 2.17. The molecule has 1 unspecified atom stereocenters. The molecular formula is C15H21N3. The normalized spacial score (nSPS) is 12.6. The van der Waals surface area contributed by atoms with Crippen LogP contribution in [0.25, 0.3) is 0 Å². The molecule has 1 atom stereocenters. The van der Waals surface area contributed by atoms with E-state index in [-0.39, 0.29) is 6.04 Å². The highest BCUT2D eigenvalue weighted by Crippen LogP contribution is 2.21. The predicted molar refractivity (Wildman–Crippen MR) is 74.6 cm³/mol. The van der Waals surface area contributed by atoms with E-state index in [1.54, 1.807) is 0 Å². The number of hydrogen-bond acceptors (Lipinski definition) is 2. The van der Waals surface area contributed by atoms with Crippen molar-refractivity contribution in [1.29, 1.82) is 0 Å². The molecule has 0 bridgehead atoms. The quantitative estimate of drug-likeness (QED) is 0.875. The third kappa shape index (κ3) is 2.62. The fourth-order valence-corrected chi connectivity index (χ4v) is 2.26. The molecule has 1 aromatic heterocycles. The van der Waals surface area contributed by atoms with Crippen molar-refractivity contribution in [1.82, 2.24) is 14.9 Å². The number of aromatic nitrogens is 2. The van der Waals surface area contributed by atoms with Crippen LogP contribution in [0.1, 0.15) is 36.8 Å². The molecule has 3 heteroatoms. The zero-order valence-corrected chi connectivity index (χ0v) is 11.4. The van der Waals surface area contributed by atoms with Crippen molar-refractivity contribution in [3.8, 4) is 0 Å². The summed E-state index contributed by atoms with van der Waals surface area (Å²) < 4.78 is 2.19. The molecule has 0 fully saturated rings. The molecule has 0 aliphatic carbocycles. The molecule has 0 spiro atoms. The van der Waals surface area contributed by atoms with Gasteiger partial charge in [-0.25, -0.2) is 4.98 Å². The fraction of sp³-hybridized carbons (Fsp3) is 0.400. The third-order valence-electron chi connectivity index (χ3n) is 3.13. The average Bonchev–Trinajstić information content (AvgIpc) is 2.84. The standard InChI is InChI=1S/C15H21N3/c1-4-16-14(13-8-6-7-12(3)11-13)15-17-9-10-18(15)5-2/h6-11,14,16H,4-5H2,1-3H3. The van der Waals surface area contributed by atoms with Crippen molar-refractivity contribution in [3.05, 3.63) is 53.6 Å². The highest BCUT2D eigenvalue weighted by atomic mass is 15.1. The predicted octanol–water partition coefficient (Wildman–Crippen LogP) is 2.91. The van der Waals surface area contributed by atoms with Gasteiger partial charge in [-0.15, -0.1) is 0 Å². The summed E-state index contributed by atoms with van der Waals surface area (Å²) in [6, 6.07) is 8.79. The minimum atomic E-state index is 0.171. The van der Waals surface area contributed by atoms with Crippen molar-refractivity contribution in [2.45, 2.75) is 33.4 Å². The third-order valence-corrected chi connectivity index (χ3v) is 3.13. The van der Waals surface area contributed by atoms with Crippen LogP contribution in [0.15, 0.2) is 36.7 Å². The van der Waals surface area contributed by atoms with Gasteiger partial charge in [0.15, 0.2) is 0 Å². The molecular weight excluding hydrogens is 222 g/mol. The molecule has 18 heavy (non-hydrogen) atoms. The Kier molecular flexibility index (Phi) is 4.15. The number of nitrogens with one attached hydrogen (secondary N) is 1. The molecule has 0 saturated heterocycles. The Hall–Kier alpha value is -1.61. The maximum atomic E-state index is 4.51. The van der Waals surface area contributed by atoms with Crippen LogP contribution in [0.3, 0.4) is 0 Å². The van der Waals surface area contributed by atoms with Gasteiger partial charge in [0, 0.05) is 18.9 Å². The first-order chi connectivity index (χ1) is 8.76. The summed E-state index contributed by atoms with van der Waals surface area (Å²) in [5.74, 6) is 1.09. The molecule has 0 radical (unpaired) electrons. The lowest BCUT2D eigenvalue weighted by Gasteiger charge is -2.19. The second-order valence-electron chi connectivity index (χ2n) is 4.48. The van der Waals surface area contributed by atoms with E-state index in [2.05, 4.69) is 59.9 Å². The summed E-state index contributed by atoms with van der Waals surface area (Å²) >= 11 is 0. The number of nitrogens with zero attached hydrogens (tertiary/aromatic N) is 2. The lowest BCUT2D eigenvalue weighted by atomic mass is 10.0. The number of hydrogen-bond donors (Lipinski definition) is 1. The largest absolute Gasteiger partial charge is 0.334 e. The maximum Gasteiger partial charge on any atom is 0.130 e. The lowest BCUT2D eigenvalue weighted by Crippen LogP contribution is -2.25. The van der Waals surface area contributed by atoms with Crippen molar-refractivity contribution in [2.24, 2.45) is 0 Å². The number of aryl methyl sites for hydroxylation is 2. The zero-order chi connectivity index (χ0) is 13.0. The van der Waals surface area contributed by atoms with Gasteiger partial charge in [0.1, 0.15) is 5.82 Å². The average molecular weight is 243 g/mol. The van der Waals surface area contributed by atoms with Gasteiger partial charge in [-0.1, -0.05) is 36.8 Å². The van der Waals surface area contributed by atoms with Crippen molar-refractivity contribution in [3.63, 3.8) is 0 Å². The van der Waals surface area contributed by atoms with Crippen LogP contribution >= 0.6 is 0 Å². The van der Waals surface area contributed by atoms with E-state index in [4.69, 9.17) is 0 Å². The molecule has 3 nitrogen and oxygen atoms in total. The van der Waals surface area contributed by atoms with Crippen molar-refractivity contribution < 1.29 is 0 Å². The highest BCUT2D eigenvalue weighted by molar-refractivity contribution is 5.29. The van der Waals surface area contributed by atoms with E-state index in [1.807, 2.05) is 12.4 Å². The number of rotatable bonds is 5. The van der Waals surface area contributed by atoms with Crippen LogP contribution in [-0.2, 0) is 6.54 Å². The minimum absolute atomic E-state index is 0.171. The van der Waals surface area contributed by atoms with Crippen LogP contribution in [0, 0.1) is 6.92 Å². The molecule has 0 aliphatic heterocycles. The van der Waals surface area contributed by atoms with Crippen molar-refractivity contribution >= 4 is 0 Å². The van der Waals surface area contributed by atoms with Crippen LogP contribution in [-0.4, -0.2) is 16.1 Å². The van der Waals surface area contributed by atoms with Gasteiger partial charge < -0.3 is 9.88 Å². The van der Waals surface area contributed by atoms with E-state index in [0.717, 1.165) is 18.9 Å². The Morgan fingerprint density at radius 2 is 2.17 bits per heavy atom. The second kappa shape index (κ2) is 5.83. The van der Waals surface area contributed by atoms with E-state index in [9.17, 15) is 0 Å². The Bertz CT molecular complexity index is 502. The van der Waals surface area contributed by atoms with Gasteiger partial charge in [0.05, 0.1) is 6.04 Å². The Morgan fingerprint density at radius 1 is 1.33 bits per heavy atom. The fourth-order valence-electron chi connectivity index (χ4n) is 2.26. The maximum absolute atomic E-state index is 4.51. The smallest absolute Gasteiger partial charge is 0.130 e. The van der Waals surface area contributed by atoms with E-state index in [1.165, 1.54) is 11.1 Å². The molecule has 2 aromatic rings. The van der Waals surface area contributed by atoms with Crippen LogP contribution in [0.5, 0.6) is 0 Å². The first-order valence-corrected chi connectivity index (χ1v) is 6.57. The molecule has 96 valence electrons. The molecule has 0 saturated carbocycles. The second-order valence-corrected chi connectivity index (χ2v) is 4.48. The van der Waals surface area contributed by atoms with Crippen LogP contribution in [0.4, 0.5) is 0 Å². The Balaban J connectivity index is 2.39. The molecule has 2 rings (SSSR count). The first-order valence-electron chi connectivity index (χ1n) is 6.57. The topological polar surface area (TPSA) is 29.9 Å². The van der Waals surface area contributed by atoms with Crippen molar-refractivity contribution in [2.75, 3.05) is 6.54 Å².